The van der Waals surface area contributed by atoms with Gasteiger partial charge < -0.3 is 5.32 Å². The van der Waals surface area contributed by atoms with Crippen LogP contribution in [-0.4, -0.2) is 16.1 Å². The fraction of sp³-hybridized carbons (Fsp3) is 0.158. The molecule has 3 rings (SSSR count). The van der Waals surface area contributed by atoms with Crippen molar-refractivity contribution in [3.8, 4) is 11.3 Å². The summed E-state index contributed by atoms with van der Waals surface area (Å²) in [5, 5.41) is 4.22. The van der Waals surface area contributed by atoms with Crippen LogP contribution in [0.5, 0.6) is 0 Å². The number of nitrogens with one attached hydrogen (secondary N) is 1. The predicted octanol–water partition coefficient (Wildman–Crippen LogP) is 5.38. The van der Waals surface area contributed by atoms with E-state index in [4.69, 9.17) is 0 Å². The molecule has 1 aromatic heterocycles. The van der Waals surface area contributed by atoms with Gasteiger partial charge in [-0.05, 0) is 26.0 Å². The Balaban J connectivity index is 1.65. The fourth-order valence-corrected chi connectivity index (χ4v) is 4.14. The SMILES string of the molecule is Cc1ccc(-c2csc(S[C@H](C)C(=O)Nc3ccccc3F)n2)cc1. The van der Waals surface area contributed by atoms with Crippen molar-refractivity contribution in [1.29, 1.82) is 0 Å². The summed E-state index contributed by atoms with van der Waals surface area (Å²) in [6, 6.07) is 14.3. The maximum atomic E-state index is 13.6. The topological polar surface area (TPSA) is 42.0 Å². The summed E-state index contributed by atoms with van der Waals surface area (Å²) in [6.07, 6.45) is 0. The Morgan fingerprint density at radius 1 is 1.20 bits per heavy atom. The van der Waals surface area contributed by atoms with Crippen LogP contribution in [0.3, 0.4) is 0 Å². The molecular formula is C19H17FN2OS2. The highest BCUT2D eigenvalue weighted by atomic mass is 32.2. The average Bonchev–Trinajstić information content (AvgIpc) is 3.06. The van der Waals surface area contributed by atoms with Gasteiger partial charge in [0, 0.05) is 10.9 Å². The number of carbonyl (C=O) groups is 1. The van der Waals surface area contributed by atoms with Crippen molar-refractivity contribution in [2.75, 3.05) is 5.32 Å². The van der Waals surface area contributed by atoms with Gasteiger partial charge in [0.15, 0.2) is 4.34 Å². The number of thioether (sulfide) groups is 1. The summed E-state index contributed by atoms with van der Waals surface area (Å²) in [5.41, 5.74) is 3.35. The molecule has 0 aliphatic rings. The number of thiazole rings is 1. The standard InChI is InChI=1S/C19H17FN2OS2/c1-12-7-9-14(10-8-12)17-11-24-19(22-17)25-13(2)18(23)21-16-6-4-3-5-15(16)20/h3-11,13H,1-2H3,(H,21,23)/t13-/m1/s1. The molecule has 1 heterocycles. The number of hydrogen-bond donors (Lipinski definition) is 1. The quantitative estimate of drug-likeness (QED) is 0.612. The highest BCUT2D eigenvalue weighted by Crippen LogP contribution is 2.31. The van der Waals surface area contributed by atoms with E-state index in [-0.39, 0.29) is 16.8 Å². The lowest BCUT2D eigenvalue weighted by atomic mass is 10.1. The number of aromatic nitrogens is 1. The molecule has 0 aliphatic heterocycles. The second-order valence-corrected chi connectivity index (χ2v) is 8.04. The zero-order valence-corrected chi connectivity index (χ0v) is 15.5. The third kappa shape index (κ3) is 4.46. The van der Waals surface area contributed by atoms with Crippen LogP contribution < -0.4 is 5.32 Å². The van der Waals surface area contributed by atoms with Gasteiger partial charge >= 0.3 is 0 Å². The van der Waals surface area contributed by atoms with E-state index >= 15 is 0 Å². The van der Waals surface area contributed by atoms with Gasteiger partial charge in [0.05, 0.1) is 16.6 Å². The number of rotatable bonds is 5. The molecule has 0 radical (unpaired) electrons. The molecule has 0 bridgehead atoms. The minimum Gasteiger partial charge on any atom is -0.323 e. The maximum absolute atomic E-state index is 13.6. The lowest BCUT2D eigenvalue weighted by Gasteiger charge is -2.10. The normalized spacial score (nSPS) is 12.0. The zero-order chi connectivity index (χ0) is 17.8. The van der Waals surface area contributed by atoms with E-state index in [0.29, 0.717) is 0 Å². The number of halogens is 1. The summed E-state index contributed by atoms with van der Waals surface area (Å²) in [7, 11) is 0. The van der Waals surface area contributed by atoms with Gasteiger partial charge in [0.1, 0.15) is 5.82 Å². The van der Waals surface area contributed by atoms with Gasteiger partial charge in [-0.3, -0.25) is 4.79 Å². The first-order valence-electron chi connectivity index (χ1n) is 7.77. The van der Waals surface area contributed by atoms with Crippen molar-refractivity contribution in [3.05, 3.63) is 65.3 Å². The first-order chi connectivity index (χ1) is 12.0. The van der Waals surface area contributed by atoms with Gasteiger partial charge in [-0.2, -0.15) is 0 Å². The Bertz CT molecular complexity index is 877. The molecule has 0 saturated carbocycles. The van der Waals surface area contributed by atoms with Crippen molar-refractivity contribution < 1.29 is 9.18 Å². The molecule has 0 unspecified atom stereocenters. The maximum Gasteiger partial charge on any atom is 0.237 e. The number of nitrogens with zero attached hydrogens (tertiary/aromatic N) is 1. The van der Waals surface area contributed by atoms with Gasteiger partial charge in [0.25, 0.3) is 0 Å². The van der Waals surface area contributed by atoms with Crippen molar-refractivity contribution in [3.63, 3.8) is 0 Å². The van der Waals surface area contributed by atoms with E-state index in [0.717, 1.165) is 15.6 Å². The highest BCUT2D eigenvalue weighted by Gasteiger charge is 2.18. The van der Waals surface area contributed by atoms with Crippen LogP contribution in [-0.2, 0) is 4.79 Å². The molecule has 1 N–H and O–H groups in total. The number of aryl methyl sites for hydroxylation is 1. The molecule has 25 heavy (non-hydrogen) atoms. The molecule has 2 aromatic carbocycles. The van der Waals surface area contributed by atoms with Crippen LogP contribution in [0.15, 0.2) is 58.3 Å². The van der Waals surface area contributed by atoms with Crippen LogP contribution in [0.2, 0.25) is 0 Å². The Kier molecular flexibility index (Phi) is 5.50. The van der Waals surface area contributed by atoms with E-state index < -0.39 is 5.82 Å². The van der Waals surface area contributed by atoms with Crippen molar-refractivity contribution in [1.82, 2.24) is 4.98 Å². The summed E-state index contributed by atoms with van der Waals surface area (Å²) >= 11 is 2.87. The Morgan fingerprint density at radius 2 is 1.92 bits per heavy atom. The van der Waals surface area contributed by atoms with Crippen LogP contribution in [0.1, 0.15) is 12.5 Å². The zero-order valence-electron chi connectivity index (χ0n) is 13.8. The van der Waals surface area contributed by atoms with Crippen molar-refractivity contribution >= 4 is 34.7 Å². The molecule has 0 aliphatic carbocycles. The van der Waals surface area contributed by atoms with Gasteiger partial charge in [-0.25, -0.2) is 9.37 Å². The van der Waals surface area contributed by atoms with Gasteiger partial charge in [-0.1, -0.05) is 53.7 Å². The van der Waals surface area contributed by atoms with Crippen LogP contribution in [0, 0.1) is 12.7 Å². The summed E-state index contributed by atoms with van der Waals surface area (Å²) in [4.78, 5) is 16.8. The fourth-order valence-electron chi connectivity index (χ4n) is 2.17. The van der Waals surface area contributed by atoms with Crippen LogP contribution in [0.4, 0.5) is 10.1 Å². The second kappa shape index (κ2) is 7.80. The molecule has 3 nitrogen and oxygen atoms in total. The first kappa shape index (κ1) is 17.6. The summed E-state index contributed by atoms with van der Waals surface area (Å²) in [6.45, 7) is 3.83. The average molecular weight is 372 g/mol. The molecule has 1 atom stereocenters. The number of para-hydroxylation sites is 1. The molecule has 128 valence electrons. The number of amides is 1. The van der Waals surface area contributed by atoms with Gasteiger partial charge in [-0.15, -0.1) is 11.3 Å². The molecular weight excluding hydrogens is 355 g/mol. The lowest BCUT2D eigenvalue weighted by Crippen LogP contribution is -2.22. The number of carbonyl (C=O) groups excluding carboxylic acids is 1. The predicted molar refractivity (Wildman–Crippen MR) is 103 cm³/mol. The molecule has 0 fully saturated rings. The number of anilines is 1. The van der Waals surface area contributed by atoms with Crippen molar-refractivity contribution in [2.24, 2.45) is 0 Å². The van der Waals surface area contributed by atoms with E-state index in [1.54, 1.807) is 25.1 Å². The van der Waals surface area contributed by atoms with E-state index in [1.165, 1.54) is 34.7 Å². The largest absolute Gasteiger partial charge is 0.323 e. The monoisotopic (exact) mass is 372 g/mol. The molecule has 0 saturated heterocycles. The molecule has 3 aromatic rings. The molecule has 6 heteroatoms. The third-order valence-electron chi connectivity index (χ3n) is 3.61. The van der Waals surface area contributed by atoms with Gasteiger partial charge in [0.2, 0.25) is 5.91 Å². The minimum atomic E-state index is -0.441. The number of benzene rings is 2. The second-order valence-electron chi connectivity index (χ2n) is 5.59. The Hall–Kier alpha value is -2.18. The van der Waals surface area contributed by atoms with E-state index in [9.17, 15) is 9.18 Å². The Morgan fingerprint density at radius 3 is 2.64 bits per heavy atom. The first-order valence-corrected chi connectivity index (χ1v) is 9.53. The van der Waals surface area contributed by atoms with E-state index in [2.05, 4.69) is 10.3 Å². The van der Waals surface area contributed by atoms with Crippen LogP contribution in [0.25, 0.3) is 11.3 Å². The Labute approximate surface area is 154 Å². The highest BCUT2D eigenvalue weighted by molar-refractivity contribution is 8.02. The summed E-state index contributed by atoms with van der Waals surface area (Å²) < 4.78 is 14.4. The lowest BCUT2D eigenvalue weighted by molar-refractivity contribution is -0.115. The minimum absolute atomic E-state index is 0.194. The molecule has 0 spiro atoms. The van der Waals surface area contributed by atoms with E-state index in [1.807, 2.05) is 36.6 Å². The van der Waals surface area contributed by atoms with Crippen molar-refractivity contribution in [2.45, 2.75) is 23.4 Å². The summed E-state index contributed by atoms with van der Waals surface area (Å²) in [5.74, 6) is -0.689. The molecule has 1 amide bonds. The van der Waals surface area contributed by atoms with Crippen LogP contribution >= 0.6 is 23.1 Å². The number of hydrogen-bond acceptors (Lipinski definition) is 4. The third-order valence-corrected chi connectivity index (χ3v) is 5.68. The smallest absolute Gasteiger partial charge is 0.237 e.